The topological polar surface area (TPSA) is 114 Å². The summed E-state index contributed by atoms with van der Waals surface area (Å²) in [5, 5.41) is 5.28. The molecule has 3 aromatic carbocycles. The average Bonchev–Trinajstić information content (AvgIpc) is 3.00. The number of aryl methyl sites for hydroxylation is 1. The van der Waals surface area contributed by atoms with E-state index in [1.807, 2.05) is 36.4 Å². The van der Waals surface area contributed by atoms with Gasteiger partial charge < -0.3 is 26.0 Å². The maximum Gasteiger partial charge on any atom is 0.412 e. The summed E-state index contributed by atoms with van der Waals surface area (Å²) in [7, 11) is 1.49. The summed E-state index contributed by atoms with van der Waals surface area (Å²) in [4.78, 5) is 39.7. The van der Waals surface area contributed by atoms with Crippen molar-refractivity contribution in [1.29, 1.82) is 0 Å². The number of halogens is 1. The van der Waals surface area contributed by atoms with Crippen LogP contribution in [0.4, 0.5) is 14.9 Å². The molecule has 0 unspecified atom stereocenters. The summed E-state index contributed by atoms with van der Waals surface area (Å²) in [6.07, 6.45) is 0.299. The van der Waals surface area contributed by atoms with E-state index in [1.54, 1.807) is 36.9 Å². The molecular formula is C30H33FN4O4. The molecule has 4 N–H and O–H groups in total. The van der Waals surface area contributed by atoms with Crippen LogP contribution < -0.4 is 26.0 Å². The molecule has 1 aliphatic heterocycles. The number of benzene rings is 3. The van der Waals surface area contributed by atoms with Gasteiger partial charge in [-0.05, 0) is 67.6 Å². The lowest BCUT2D eigenvalue weighted by molar-refractivity contribution is -0.128. The SMILES string of the molecule is CNC(=O)Oc1ccccc1-c1ccc(CN2C(=O)[C@H](NC(=O)CC(C)(C)N)CCc3cc(F)ccc32)cc1. The molecular weight excluding hydrogens is 499 g/mol. The van der Waals surface area contributed by atoms with Gasteiger partial charge in [0, 0.05) is 30.3 Å². The Kier molecular flexibility index (Phi) is 8.30. The highest BCUT2D eigenvalue weighted by Crippen LogP contribution is 2.32. The summed E-state index contributed by atoms with van der Waals surface area (Å²) >= 11 is 0. The van der Waals surface area contributed by atoms with Gasteiger partial charge in [0.1, 0.15) is 17.6 Å². The number of hydrogen-bond donors (Lipinski definition) is 3. The van der Waals surface area contributed by atoms with E-state index < -0.39 is 17.7 Å². The molecule has 0 spiro atoms. The van der Waals surface area contributed by atoms with Gasteiger partial charge in [0.15, 0.2) is 0 Å². The van der Waals surface area contributed by atoms with Gasteiger partial charge in [-0.25, -0.2) is 9.18 Å². The van der Waals surface area contributed by atoms with Gasteiger partial charge in [-0.1, -0.05) is 42.5 Å². The zero-order valence-electron chi connectivity index (χ0n) is 22.3. The van der Waals surface area contributed by atoms with Crippen LogP contribution >= 0.6 is 0 Å². The minimum Gasteiger partial charge on any atom is -0.410 e. The van der Waals surface area contributed by atoms with Crippen LogP contribution in [0.3, 0.4) is 0 Å². The fourth-order valence-electron chi connectivity index (χ4n) is 4.62. The zero-order valence-corrected chi connectivity index (χ0v) is 22.3. The summed E-state index contributed by atoms with van der Waals surface area (Å²) < 4.78 is 19.5. The third-order valence-electron chi connectivity index (χ3n) is 6.45. The average molecular weight is 533 g/mol. The molecule has 3 amide bonds. The van der Waals surface area contributed by atoms with Crippen LogP contribution in [0.2, 0.25) is 0 Å². The van der Waals surface area contributed by atoms with Gasteiger partial charge in [-0.3, -0.25) is 9.59 Å². The van der Waals surface area contributed by atoms with Crippen LogP contribution in [0.5, 0.6) is 5.75 Å². The lowest BCUT2D eigenvalue weighted by Gasteiger charge is -2.27. The molecule has 8 nitrogen and oxygen atoms in total. The third-order valence-corrected chi connectivity index (χ3v) is 6.45. The van der Waals surface area contributed by atoms with Gasteiger partial charge >= 0.3 is 6.09 Å². The number of nitrogens with zero attached hydrogens (tertiary/aromatic N) is 1. The van der Waals surface area contributed by atoms with E-state index in [0.717, 1.165) is 16.7 Å². The number of carbonyl (C=O) groups excluding carboxylic acids is 3. The molecule has 3 aromatic rings. The monoisotopic (exact) mass is 532 g/mol. The van der Waals surface area contributed by atoms with Crippen molar-refractivity contribution in [3.8, 4) is 16.9 Å². The first-order valence-electron chi connectivity index (χ1n) is 12.8. The van der Waals surface area contributed by atoms with E-state index in [0.29, 0.717) is 29.8 Å². The molecule has 0 aliphatic carbocycles. The second-order valence-electron chi connectivity index (χ2n) is 10.4. The number of anilines is 1. The summed E-state index contributed by atoms with van der Waals surface area (Å²) in [5.74, 6) is -0.533. The number of carbonyl (C=O) groups is 3. The number of fused-ring (bicyclic) bond motifs is 1. The fourth-order valence-corrected chi connectivity index (χ4v) is 4.62. The van der Waals surface area contributed by atoms with Gasteiger partial charge in [0.2, 0.25) is 11.8 Å². The quantitative estimate of drug-likeness (QED) is 0.420. The third kappa shape index (κ3) is 7.00. The molecule has 0 aromatic heterocycles. The van der Waals surface area contributed by atoms with E-state index in [2.05, 4.69) is 10.6 Å². The van der Waals surface area contributed by atoms with Crippen LogP contribution in [0.15, 0.2) is 66.7 Å². The Hall–Kier alpha value is -4.24. The van der Waals surface area contributed by atoms with Gasteiger partial charge in [-0.15, -0.1) is 0 Å². The molecule has 4 rings (SSSR count). The Morgan fingerprint density at radius 3 is 2.51 bits per heavy atom. The Morgan fingerprint density at radius 2 is 1.82 bits per heavy atom. The smallest absolute Gasteiger partial charge is 0.410 e. The van der Waals surface area contributed by atoms with E-state index in [1.165, 1.54) is 19.2 Å². The van der Waals surface area contributed by atoms with E-state index in [9.17, 15) is 18.8 Å². The van der Waals surface area contributed by atoms with Crippen molar-refractivity contribution < 1.29 is 23.5 Å². The molecule has 1 aliphatic rings. The van der Waals surface area contributed by atoms with Crippen molar-refractivity contribution in [2.75, 3.05) is 11.9 Å². The molecule has 0 saturated carbocycles. The number of nitrogens with two attached hydrogens (primary N) is 1. The minimum atomic E-state index is -0.761. The molecule has 9 heteroatoms. The normalized spacial score (nSPS) is 15.3. The molecule has 1 heterocycles. The van der Waals surface area contributed by atoms with Crippen molar-refractivity contribution in [2.45, 2.75) is 51.2 Å². The van der Waals surface area contributed by atoms with Crippen LogP contribution in [0.25, 0.3) is 11.1 Å². The predicted molar refractivity (Wildman–Crippen MR) is 148 cm³/mol. The van der Waals surface area contributed by atoms with Crippen molar-refractivity contribution in [3.05, 3.63) is 83.7 Å². The second kappa shape index (κ2) is 11.7. The fraction of sp³-hybridized carbons (Fsp3) is 0.300. The van der Waals surface area contributed by atoms with E-state index >= 15 is 0 Å². The van der Waals surface area contributed by atoms with Crippen molar-refractivity contribution in [1.82, 2.24) is 10.6 Å². The second-order valence-corrected chi connectivity index (χ2v) is 10.4. The highest BCUT2D eigenvalue weighted by molar-refractivity contribution is 6.00. The number of rotatable bonds is 7. The maximum atomic E-state index is 14.1. The van der Waals surface area contributed by atoms with Gasteiger partial charge in [0.25, 0.3) is 0 Å². The lowest BCUT2D eigenvalue weighted by Crippen LogP contribution is -2.49. The predicted octanol–water partition coefficient (Wildman–Crippen LogP) is 4.30. The van der Waals surface area contributed by atoms with Crippen LogP contribution in [-0.4, -0.2) is 36.5 Å². The minimum absolute atomic E-state index is 0.0743. The van der Waals surface area contributed by atoms with Crippen molar-refractivity contribution >= 4 is 23.6 Å². The van der Waals surface area contributed by atoms with Crippen molar-refractivity contribution in [3.63, 3.8) is 0 Å². The molecule has 204 valence electrons. The molecule has 1 atom stereocenters. The van der Waals surface area contributed by atoms with Gasteiger partial charge in [-0.2, -0.15) is 0 Å². The molecule has 0 bridgehead atoms. The number of ether oxygens (including phenoxy) is 1. The standard InChI is InChI=1S/C30H33FN4O4/c1-30(2,32)17-27(36)34-24-14-12-21-16-22(31)13-15-25(21)35(28(24)37)18-19-8-10-20(11-9-19)23-6-4-5-7-26(23)39-29(38)33-3/h4-11,13,15-16,24H,12,14,17-18,32H2,1-3H3,(H,33,38)(H,34,36)/t24-/m1/s1. The Labute approximate surface area is 227 Å². The van der Waals surface area contributed by atoms with Crippen molar-refractivity contribution in [2.24, 2.45) is 5.73 Å². The molecule has 0 fully saturated rings. The van der Waals surface area contributed by atoms with E-state index in [4.69, 9.17) is 10.5 Å². The zero-order chi connectivity index (χ0) is 28.2. The number of hydrogen-bond acceptors (Lipinski definition) is 5. The largest absolute Gasteiger partial charge is 0.412 e. The molecule has 0 radical (unpaired) electrons. The first-order valence-corrected chi connectivity index (χ1v) is 12.8. The summed E-state index contributed by atoms with van der Waals surface area (Å²) in [6.45, 7) is 3.72. The van der Waals surface area contributed by atoms with Gasteiger partial charge in [0.05, 0.1) is 6.54 Å². The number of nitrogens with one attached hydrogen (secondary N) is 2. The Bertz CT molecular complexity index is 1370. The Morgan fingerprint density at radius 1 is 1.10 bits per heavy atom. The molecule has 39 heavy (non-hydrogen) atoms. The molecule has 0 saturated heterocycles. The number of para-hydroxylation sites is 1. The first-order chi connectivity index (χ1) is 18.5. The Balaban J connectivity index is 1.60. The summed E-state index contributed by atoms with van der Waals surface area (Å²) in [6, 6.07) is 18.4. The van der Waals surface area contributed by atoms with E-state index in [-0.39, 0.29) is 30.6 Å². The van der Waals surface area contributed by atoms with Crippen LogP contribution in [0.1, 0.15) is 37.8 Å². The van der Waals surface area contributed by atoms with Crippen LogP contribution in [-0.2, 0) is 22.6 Å². The first kappa shape index (κ1) is 27.8. The highest BCUT2D eigenvalue weighted by Gasteiger charge is 2.32. The summed E-state index contributed by atoms with van der Waals surface area (Å²) in [5.41, 5.74) is 9.01. The lowest BCUT2D eigenvalue weighted by atomic mass is 10.0. The maximum absolute atomic E-state index is 14.1. The number of amides is 3. The van der Waals surface area contributed by atoms with Crippen LogP contribution in [0, 0.1) is 5.82 Å². The highest BCUT2D eigenvalue weighted by atomic mass is 19.1.